The number of aromatic amines is 1. The van der Waals surface area contributed by atoms with E-state index >= 15 is 0 Å². The maximum atomic E-state index is 13.0. The topological polar surface area (TPSA) is 109 Å². The summed E-state index contributed by atoms with van der Waals surface area (Å²) in [6, 6.07) is 3.86. The van der Waals surface area contributed by atoms with Gasteiger partial charge in [-0.05, 0) is 80.9 Å². The number of aryl methyl sites for hydroxylation is 2. The monoisotopic (exact) mass is 441 g/mol. The summed E-state index contributed by atoms with van der Waals surface area (Å²) in [4.78, 5) is 6.28. The van der Waals surface area contributed by atoms with Crippen LogP contribution in [-0.2, 0) is 42.1 Å². The van der Waals surface area contributed by atoms with Gasteiger partial charge in [-0.25, -0.2) is 13.5 Å². The Balaban J connectivity index is 1.40. The number of aromatic nitrogens is 5. The lowest BCUT2D eigenvalue weighted by Crippen LogP contribution is -2.19. The molecule has 2 aliphatic carbocycles. The van der Waals surface area contributed by atoms with Gasteiger partial charge in [0.2, 0.25) is 5.95 Å². The van der Waals surface area contributed by atoms with Crippen LogP contribution in [0.1, 0.15) is 35.1 Å². The van der Waals surface area contributed by atoms with E-state index in [4.69, 9.17) is 0 Å². The number of sulfone groups is 1. The minimum absolute atomic E-state index is 0.0320. The normalized spacial score (nSPS) is 15.5. The fourth-order valence-electron chi connectivity index (χ4n) is 4.51. The quantitative estimate of drug-likeness (QED) is 0.578. The summed E-state index contributed by atoms with van der Waals surface area (Å²) in [7, 11) is 0.0542. The van der Waals surface area contributed by atoms with Crippen LogP contribution >= 0.6 is 0 Å². The zero-order chi connectivity index (χ0) is 21.6. The van der Waals surface area contributed by atoms with Gasteiger partial charge in [0.15, 0.2) is 5.03 Å². The molecule has 0 saturated carbocycles. The van der Waals surface area contributed by atoms with Gasteiger partial charge < -0.3 is 10.2 Å². The summed E-state index contributed by atoms with van der Waals surface area (Å²) < 4.78 is 27.6. The standard InChI is InChI=1S/C21H27N7O2S/c1-27(2)11-12-28-10-9-18(26-28)31(29,30)21-23-20(24-25-21)22-19-16-7-3-5-14(16)13-15-6-4-8-17(15)19/h9-10,13H,3-8,11-12H2,1-2H3,(H2,22,23,24,25). The first-order valence-electron chi connectivity index (χ1n) is 10.7. The van der Waals surface area contributed by atoms with Crippen molar-refractivity contribution in [1.29, 1.82) is 0 Å². The van der Waals surface area contributed by atoms with Crippen LogP contribution < -0.4 is 5.32 Å². The number of hydrogen-bond donors (Lipinski definition) is 2. The fraction of sp³-hybridized carbons (Fsp3) is 0.476. The zero-order valence-electron chi connectivity index (χ0n) is 17.8. The molecule has 0 fully saturated rings. The van der Waals surface area contributed by atoms with Crippen LogP contribution in [0.3, 0.4) is 0 Å². The van der Waals surface area contributed by atoms with Crippen LogP contribution in [0.4, 0.5) is 11.6 Å². The second-order valence-electron chi connectivity index (χ2n) is 8.55. The molecule has 5 rings (SSSR count). The highest BCUT2D eigenvalue weighted by molar-refractivity contribution is 7.91. The molecule has 2 heterocycles. The van der Waals surface area contributed by atoms with E-state index in [0.717, 1.165) is 50.8 Å². The van der Waals surface area contributed by atoms with E-state index in [-0.39, 0.29) is 16.1 Å². The zero-order valence-corrected chi connectivity index (χ0v) is 18.7. The van der Waals surface area contributed by atoms with Gasteiger partial charge in [0, 0.05) is 18.4 Å². The molecule has 9 nitrogen and oxygen atoms in total. The molecule has 31 heavy (non-hydrogen) atoms. The molecule has 0 unspecified atom stereocenters. The Morgan fingerprint density at radius 1 is 1.13 bits per heavy atom. The summed E-state index contributed by atoms with van der Waals surface area (Å²) in [5.41, 5.74) is 6.53. The Labute approximate surface area is 181 Å². The van der Waals surface area contributed by atoms with Crippen molar-refractivity contribution >= 4 is 21.5 Å². The van der Waals surface area contributed by atoms with Gasteiger partial charge in [-0.3, -0.25) is 4.68 Å². The number of anilines is 2. The highest BCUT2D eigenvalue weighted by atomic mass is 32.2. The van der Waals surface area contributed by atoms with Crippen molar-refractivity contribution < 1.29 is 8.42 Å². The average molecular weight is 442 g/mol. The minimum Gasteiger partial charge on any atom is -0.322 e. The summed E-state index contributed by atoms with van der Waals surface area (Å²) >= 11 is 0. The summed E-state index contributed by atoms with van der Waals surface area (Å²) in [6.45, 7) is 1.37. The van der Waals surface area contributed by atoms with Crippen LogP contribution in [0.25, 0.3) is 0 Å². The van der Waals surface area contributed by atoms with Crippen molar-refractivity contribution in [2.75, 3.05) is 26.0 Å². The fourth-order valence-corrected chi connectivity index (χ4v) is 5.54. The van der Waals surface area contributed by atoms with Crippen LogP contribution in [0.5, 0.6) is 0 Å². The molecule has 3 aromatic rings. The lowest BCUT2D eigenvalue weighted by Gasteiger charge is -2.15. The Kier molecular flexibility index (Phi) is 5.05. The Morgan fingerprint density at radius 2 is 1.84 bits per heavy atom. The van der Waals surface area contributed by atoms with Crippen molar-refractivity contribution in [1.82, 2.24) is 29.9 Å². The first-order valence-corrected chi connectivity index (χ1v) is 12.2. The number of nitrogens with one attached hydrogen (secondary N) is 2. The van der Waals surface area contributed by atoms with Crippen molar-refractivity contribution in [3.05, 3.63) is 40.6 Å². The molecule has 0 spiro atoms. The number of benzene rings is 1. The maximum Gasteiger partial charge on any atom is 0.260 e. The van der Waals surface area contributed by atoms with Crippen LogP contribution in [0, 0.1) is 0 Å². The molecule has 2 aliphatic rings. The third-order valence-electron chi connectivity index (χ3n) is 6.10. The van der Waals surface area contributed by atoms with Gasteiger partial charge in [0.25, 0.3) is 15.0 Å². The van der Waals surface area contributed by atoms with Crippen molar-refractivity contribution in [2.24, 2.45) is 0 Å². The van der Waals surface area contributed by atoms with Gasteiger partial charge in [-0.1, -0.05) is 6.07 Å². The average Bonchev–Trinajstić information content (AvgIpc) is 3.52. The third kappa shape index (κ3) is 3.74. The second-order valence-corrected chi connectivity index (χ2v) is 10.4. The Morgan fingerprint density at radius 3 is 2.52 bits per heavy atom. The molecule has 0 bridgehead atoms. The lowest BCUT2D eigenvalue weighted by atomic mass is 9.99. The van der Waals surface area contributed by atoms with E-state index in [2.05, 4.69) is 31.7 Å². The minimum atomic E-state index is -3.87. The predicted molar refractivity (Wildman–Crippen MR) is 116 cm³/mol. The van der Waals surface area contributed by atoms with Crippen molar-refractivity contribution in [3.8, 4) is 0 Å². The number of nitrogens with zero attached hydrogens (tertiary/aromatic N) is 5. The maximum absolute atomic E-state index is 13.0. The highest BCUT2D eigenvalue weighted by Crippen LogP contribution is 2.39. The van der Waals surface area contributed by atoms with E-state index in [1.54, 1.807) is 10.9 Å². The number of fused-ring (bicyclic) bond motifs is 2. The van der Waals surface area contributed by atoms with E-state index in [1.165, 1.54) is 28.3 Å². The summed E-state index contributed by atoms with van der Waals surface area (Å²) in [5, 5.41) is 14.1. The van der Waals surface area contributed by atoms with E-state index in [0.29, 0.717) is 6.54 Å². The van der Waals surface area contributed by atoms with Crippen LogP contribution in [0.2, 0.25) is 0 Å². The Bertz CT molecular complexity index is 1190. The van der Waals surface area contributed by atoms with Gasteiger partial charge in [0.05, 0.1) is 6.54 Å². The van der Waals surface area contributed by atoms with Gasteiger partial charge in [-0.2, -0.15) is 10.1 Å². The molecule has 0 radical (unpaired) electrons. The van der Waals surface area contributed by atoms with Crippen molar-refractivity contribution in [3.63, 3.8) is 0 Å². The van der Waals surface area contributed by atoms with Gasteiger partial charge >= 0.3 is 0 Å². The lowest BCUT2D eigenvalue weighted by molar-refractivity contribution is 0.371. The molecule has 164 valence electrons. The molecule has 0 aliphatic heterocycles. The molecular weight excluding hydrogens is 414 g/mol. The van der Waals surface area contributed by atoms with Crippen LogP contribution in [-0.4, -0.2) is 58.9 Å². The van der Waals surface area contributed by atoms with Crippen molar-refractivity contribution in [2.45, 2.75) is 55.3 Å². The van der Waals surface area contributed by atoms with Crippen LogP contribution in [0.15, 0.2) is 28.5 Å². The SMILES string of the molecule is CN(C)CCn1ccc(S(=O)(=O)c2nc(Nc3c4c(cc5c3CCC5)CCC4)n[nH]2)n1. The van der Waals surface area contributed by atoms with E-state index < -0.39 is 9.84 Å². The molecule has 2 aromatic heterocycles. The largest absolute Gasteiger partial charge is 0.322 e. The number of hydrogen-bond acceptors (Lipinski definition) is 7. The first kappa shape index (κ1) is 20.2. The Hall–Kier alpha value is -2.72. The van der Waals surface area contributed by atoms with E-state index in [1.807, 2.05) is 19.0 Å². The predicted octanol–water partition coefficient (Wildman–Crippen LogP) is 2.12. The highest BCUT2D eigenvalue weighted by Gasteiger charge is 2.27. The molecular formula is C21H27N7O2S. The molecule has 1 aromatic carbocycles. The number of rotatable bonds is 7. The molecule has 0 atom stereocenters. The number of H-pyrrole nitrogens is 1. The summed E-state index contributed by atoms with van der Waals surface area (Å²) in [5.74, 6) is 0.278. The number of likely N-dealkylation sites (N-methyl/N-ethyl adjacent to an activating group) is 1. The van der Waals surface area contributed by atoms with Gasteiger partial charge in [-0.15, -0.1) is 5.10 Å². The smallest absolute Gasteiger partial charge is 0.260 e. The molecule has 10 heteroatoms. The summed E-state index contributed by atoms with van der Waals surface area (Å²) in [6.07, 6.45) is 8.23. The molecule has 0 amide bonds. The third-order valence-corrected chi connectivity index (χ3v) is 7.56. The second kappa shape index (κ2) is 7.76. The van der Waals surface area contributed by atoms with E-state index in [9.17, 15) is 8.42 Å². The molecule has 0 saturated heterocycles. The first-order chi connectivity index (χ1) is 14.9. The van der Waals surface area contributed by atoms with Gasteiger partial charge in [0.1, 0.15) is 0 Å². The molecule has 2 N–H and O–H groups in total.